The first-order valence-corrected chi connectivity index (χ1v) is 9.60. The van der Waals surface area contributed by atoms with Crippen molar-refractivity contribution in [2.75, 3.05) is 50.1 Å². The van der Waals surface area contributed by atoms with E-state index in [1.165, 1.54) is 0 Å². The van der Waals surface area contributed by atoms with E-state index < -0.39 is 0 Å². The summed E-state index contributed by atoms with van der Waals surface area (Å²) in [6.07, 6.45) is 1.23. The second-order valence-corrected chi connectivity index (χ2v) is 7.46. The van der Waals surface area contributed by atoms with Gasteiger partial charge in [0.15, 0.2) is 0 Å². The summed E-state index contributed by atoms with van der Waals surface area (Å²) < 4.78 is 0. The zero-order chi connectivity index (χ0) is 19.4. The van der Waals surface area contributed by atoms with Crippen LogP contribution >= 0.6 is 11.6 Å². The van der Waals surface area contributed by atoms with Crippen LogP contribution in [-0.4, -0.2) is 61.0 Å². The van der Waals surface area contributed by atoms with Gasteiger partial charge in [0.1, 0.15) is 17.5 Å². The number of carbonyl (C=O) groups is 1. The predicted octanol–water partition coefficient (Wildman–Crippen LogP) is 2.79. The van der Waals surface area contributed by atoms with E-state index in [2.05, 4.69) is 14.9 Å². The van der Waals surface area contributed by atoms with Gasteiger partial charge in [-0.15, -0.1) is 0 Å². The van der Waals surface area contributed by atoms with Gasteiger partial charge in [0.25, 0.3) is 0 Å². The molecular weight excluding hydrogens is 362 g/mol. The van der Waals surface area contributed by atoms with Crippen LogP contribution in [0.1, 0.15) is 17.8 Å². The number of hydrogen-bond acceptors (Lipinski definition) is 5. The number of nitrogens with zero attached hydrogens (tertiary/aromatic N) is 5. The number of aromatic nitrogens is 2. The quantitative estimate of drug-likeness (QED) is 0.789. The summed E-state index contributed by atoms with van der Waals surface area (Å²) in [6.45, 7) is 4.91. The summed E-state index contributed by atoms with van der Waals surface area (Å²) in [4.78, 5) is 27.7. The highest BCUT2D eigenvalue weighted by molar-refractivity contribution is 6.30. The van der Waals surface area contributed by atoms with E-state index in [0.717, 1.165) is 42.5 Å². The summed E-state index contributed by atoms with van der Waals surface area (Å²) in [7, 11) is 3.95. The first kappa shape index (κ1) is 19.4. The highest BCUT2D eigenvalue weighted by atomic mass is 35.5. The lowest BCUT2D eigenvalue weighted by Gasteiger charge is -2.35. The molecule has 0 bridgehead atoms. The van der Waals surface area contributed by atoms with Crippen molar-refractivity contribution < 1.29 is 4.79 Å². The average molecular weight is 388 g/mol. The molecule has 1 aliphatic rings. The van der Waals surface area contributed by atoms with E-state index in [1.54, 1.807) is 0 Å². The smallest absolute Gasteiger partial charge is 0.223 e. The van der Waals surface area contributed by atoms with Gasteiger partial charge in [-0.25, -0.2) is 9.97 Å². The van der Waals surface area contributed by atoms with Crippen LogP contribution in [-0.2, 0) is 11.2 Å². The van der Waals surface area contributed by atoms with Crippen molar-refractivity contribution in [2.45, 2.75) is 19.8 Å². The average Bonchev–Trinajstić information content (AvgIpc) is 2.66. The number of piperazine rings is 1. The Balaban J connectivity index is 1.55. The summed E-state index contributed by atoms with van der Waals surface area (Å²) in [5.41, 5.74) is 1.10. The lowest BCUT2D eigenvalue weighted by Crippen LogP contribution is -2.49. The minimum Gasteiger partial charge on any atom is -0.363 e. The van der Waals surface area contributed by atoms with Gasteiger partial charge < -0.3 is 14.7 Å². The summed E-state index contributed by atoms with van der Waals surface area (Å²) >= 11 is 6.01. The normalized spacial score (nSPS) is 14.4. The SMILES string of the molecule is Cc1nc(N(C)C)cc(N2CCN(C(=O)CCc3cccc(Cl)c3)CC2)n1. The molecule has 27 heavy (non-hydrogen) atoms. The molecule has 0 N–H and O–H groups in total. The summed E-state index contributed by atoms with van der Waals surface area (Å²) in [5.74, 6) is 2.79. The molecule has 0 unspecified atom stereocenters. The maximum absolute atomic E-state index is 12.5. The number of aryl methyl sites for hydroxylation is 2. The van der Waals surface area contributed by atoms with Crippen LogP contribution in [0.25, 0.3) is 0 Å². The first-order chi connectivity index (χ1) is 12.9. The number of rotatable bonds is 5. The fraction of sp³-hybridized carbons (Fsp3) is 0.450. The Morgan fingerprint density at radius 1 is 1.15 bits per heavy atom. The van der Waals surface area contributed by atoms with E-state index in [-0.39, 0.29) is 5.91 Å². The van der Waals surface area contributed by atoms with Gasteiger partial charge in [-0.05, 0) is 31.0 Å². The molecule has 0 saturated carbocycles. The van der Waals surface area contributed by atoms with E-state index in [9.17, 15) is 4.79 Å². The van der Waals surface area contributed by atoms with E-state index in [0.29, 0.717) is 24.5 Å². The Kier molecular flexibility index (Phi) is 6.16. The molecule has 7 heteroatoms. The molecule has 1 fully saturated rings. The van der Waals surface area contributed by atoms with Gasteiger partial charge in [0, 0.05) is 57.8 Å². The molecular formula is C20H26ClN5O. The molecule has 0 aliphatic carbocycles. The molecule has 1 saturated heterocycles. The predicted molar refractivity (Wildman–Crippen MR) is 110 cm³/mol. The number of amides is 1. The van der Waals surface area contributed by atoms with Crippen LogP contribution < -0.4 is 9.80 Å². The second kappa shape index (κ2) is 8.57. The van der Waals surface area contributed by atoms with Gasteiger partial charge in [0.05, 0.1) is 0 Å². The van der Waals surface area contributed by atoms with E-state index in [4.69, 9.17) is 11.6 Å². The van der Waals surface area contributed by atoms with Crippen molar-refractivity contribution in [3.63, 3.8) is 0 Å². The Morgan fingerprint density at radius 3 is 2.56 bits per heavy atom. The van der Waals surface area contributed by atoms with Gasteiger partial charge in [-0.3, -0.25) is 4.79 Å². The Hall–Kier alpha value is -2.34. The van der Waals surface area contributed by atoms with Crippen LogP contribution in [0.3, 0.4) is 0 Å². The zero-order valence-electron chi connectivity index (χ0n) is 16.2. The van der Waals surface area contributed by atoms with Crippen LogP contribution in [0.15, 0.2) is 30.3 Å². The van der Waals surface area contributed by atoms with Crippen molar-refractivity contribution in [1.82, 2.24) is 14.9 Å². The van der Waals surface area contributed by atoms with Crippen LogP contribution in [0.5, 0.6) is 0 Å². The Bertz CT molecular complexity index is 803. The number of halogens is 1. The number of hydrogen-bond donors (Lipinski definition) is 0. The third-order valence-corrected chi connectivity index (χ3v) is 4.98. The molecule has 1 aromatic carbocycles. The molecule has 1 amide bonds. The van der Waals surface area contributed by atoms with Crippen molar-refractivity contribution in [2.24, 2.45) is 0 Å². The maximum atomic E-state index is 12.5. The van der Waals surface area contributed by atoms with E-state index in [1.807, 2.05) is 61.2 Å². The van der Waals surface area contributed by atoms with Crippen LogP contribution in [0, 0.1) is 6.92 Å². The van der Waals surface area contributed by atoms with Gasteiger partial charge in [-0.2, -0.15) is 0 Å². The van der Waals surface area contributed by atoms with E-state index >= 15 is 0 Å². The number of carbonyl (C=O) groups excluding carboxylic acids is 1. The van der Waals surface area contributed by atoms with Gasteiger partial charge in [0.2, 0.25) is 5.91 Å². The largest absolute Gasteiger partial charge is 0.363 e. The topological polar surface area (TPSA) is 52.6 Å². The molecule has 2 aromatic rings. The van der Waals surface area contributed by atoms with Gasteiger partial charge >= 0.3 is 0 Å². The molecule has 1 aliphatic heterocycles. The number of anilines is 2. The molecule has 144 valence electrons. The fourth-order valence-corrected chi connectivity index (χ4v) is 3.43. The maximum Gasteiger partial charge on any atom is 0.223 e. The van der Waals surface area contributed by atoms with Crippen molar-refractivity contribution in [3.8, 4) is 0 Å². The fourth-order valence-electron chi connectivity index (χ4n) is 3.21. The lowest BCUT2D eigenvalue weighted by molar-refractivity contribution is -0.131. The lowest BCUT2D eigenvalue weighted by atomic mass is 10.1. The first-order valence-electron chi connectivity index (χ1n) is 9.22. The third-order valence-electron chi connectivity index (χ3n) is 4.74. The highest BCUT2D eigenvalue weighted by Gasteiger charge is 2.22. The summed E-state index contributed by atoms with van der Waals surface area (Å²) in [6, 6.07) is 9.71. The molecule has 0 atom stereocenters. The molecule has 3 rings (SSSR count). The molecule has 0 spiro atoms. The van der Waals surface area contributed by atoms with Crippen molar-refractivity contribution in [1.29, 1.82) is 0 Å². The molecule has 0 radical (unpaired) electrons. The van der Waals surface area contributed by atoms with Crippen molar-refractivity contribution in [3.05, 3.63) is 46.7 Å². The second-order valence-electron chi connectivity index (χ2n) is 7.02. The molecule has 1 aromatic heterocycles. The monoisotopic (exact) mass is 387 g/mol. The van der Waals surface area contributed by atoms with Gasteiger partial charge in [-0.1, -0.05) is 23.7 Å². The van der Waals surface area contributed by atoms with Crippen LogP contribution in [0.2, 0.25) is 5.02 Å². The summed E-state index contributed by atoms with van der Waals surface area (Å²) in [5, 5.41) is 0.714. The van der Waals surface area contributed by atoms with Crippen LogP contribution in [0.4, 0.5) is 11.6 Å². The Morgan fingerprint density at radius 2 is 1.89 bits per heavy atom. The standard InChI is InChI=1S/C20H26ClN5O/c1-15-22-18(24(2)3)14-19(23-15)25-9-11-26(12-10-25)20(27)8-7-16-5-4-6-17(21)13-16/h4-6,13-14H,7-12H2,1-3H3. The zero-order valence-corrected chi connectivity index (χ0v) is 16.9. The molecule has 6 nitrogen and oxygen atoms in total. The minimum absolute atomic E-state index is 0.197. The van der Waals surface area contributed by atoms with Crippen molar-refractivity contribution >= 4 is 29.1 Å². The third kappa shape index (κ3) is 5.10. The minimum atomic E-state index is 0.197. The highest BCUT2D eigenvalue weighted by Crippen LogP contribution is 2.20. The molecule has 2 heterocycles. The Labute approximate surface area is 165 Å². The number of benzene rings is 1.